The van der Waals surface area contributed by atoms with E-state index in [9.17, 15) is 4.79 Å². The number of H-pyrrole nitrogens is 1. The molecular weight excluding hydrogens is 296 g/mol. The van der Waals surface area contributed by atoms with Gasteiger partial charge in [0.05, 0.1) is 6.20 Å². The van der Waals surface area contributed by atoms with E-state index in [1.807, 2.05) is 6.20 Å². The fourth-order valence-corrected chi connectivity index (χ4v) is 3.66. The molecule has 1 aliphatic rings. The van der Waals surface area contributed by atoms with Gasteiger partial charge in [-0.3, -0.25) is 14.8 Å². The van der Waals surface area contributed by atoms with Crippen LogP contribution in [0, 0.1) is 0 Å². The van der Waals surface area contributed by atoms with Crippen molar-refractivity contribution in [3.8, 4) is 0 Å². The molecule has 0 bridgehead atoms. The van der Waals surface area contributed by atoms with Crippen molar-refractivity contribution in [3.63, 3.8) is 0 Å². The lowest BCUT2D eigenvalue weighted by Gasteiger charge is -2.32. The number of hydrogen-bond acceptors (Lipinski definition) is 4. The molecule has 1 unspecified atom stereocenters. The number of nitrogens with zero attached hydrogens (tertiary/aromatic N) is 2. The maximum absolute atomic E-state index is 12.1. The van der Waals surface area contributed by atoms with E-state index in [0.717, 1.165) is 44.5 Å². The van der Waals surface area contributed by atoms with Gasteiger partial charge in [0.15, 0.2) is 0 Å². The lowest BCUT2D eigenvalue weighted by molar-refractivity contribution is -0.122. The molecule has 0 saturated carbocycles. The van der Waals surface area contributed by atoms with Gasteiger partial charge in [-0.1, -0.05) is 6.07 Å². The van der Waals surface area contributed by atoms with Gasteiger partial charge in [-0.05, 0) is 42.8 Å². The Morgan fingerprint density at radius 1 is 1.55 bits per heavy atom. The van der Waals surface area contributed by atoms with Crippen molar-refractivity contribution < 1.29 is 4.79 Å². The molecule has 3 heterocycles. The number of carbonyl (C=O) groups is 1. The Morgan fingerprint density at radius 2 is 2.50 bits per heavy atom. The van der Waals surface area contributed by atoms with Crippen LogP contribution in [0.15, 0.2) is 29.9 Å². The summed E-state index contributed by atoms with van der Waals surface area (Å²) in [5.41, 5.74) is 1.08. The van der Waals surface area contributed by atoms with E-state index >= 15 is 0 Å². The highest BCUT2D eigenvalue weighted by Gasteiger charge is 2.21. The minimum atomic E-state index is 0.143. The van der Waals surface area contributed by atoms with Gasteiger partial charge in [0.2, 0.25) is 5.91 Å². The van der Waals surface area contributed by atoms with Crippen molar-refractivity contribution in [1.82, 2.24) is 20.4 Å². The molecule has 0 radical (unpaired) electrons. The van der Waals surface area contributed by atoms with Gasteiger partial charge in [-0.25, -0.2) is 0 Å². The molecule has 2 aromatic heterocycles. The largest absolute Gasteiger partial charge is 0.352 e. The molecule has 0 spiro atoms. The van der Waals surface area contributed by atoms with E-state index in [-0.39, 0.29) is 11.9 Å². The summed E-state index contributed by atoms with van der Waals surface area (Å²) in [7, 11) is 0. The molecule has 1 aliphatic heterocycles. The van der Waals surface area contributed by atoms with Gasteiger partial charge in [0.1, 0.15) is 0 Å². The first-order valence-corrected chi connectivity index (χ1v) is 8.69. The van der Waals surface area contributed by atoms with Crippen LogP contribution in [0.5, 0.6) is 0 Å². The van der Waals surface area contributed by atoms with Crippen LogP contribution < -0.4 is 5.32 Å². The second-order valence-corrected chi connectivity index (χ2v) is 6.86. The molecule has 0 aromatic carbocycles. The molecular formula is C16H22N4OS. The van der Waals surface area contributed by atoms with Gasteiger partial charge >= 0.3 is 0 Å². The van der Waals surface area contributed by atoms with Crippen LogP contribution in [0.1, 0.15) is 29.7 Å². The van der Waals surface area contributed by atoms with Gasteiger partial charge in [0.25, 0.3) is 0 Å². The second kappa shape index (κ2) is 7.56. The first-order chi connectivity index (χ1) is 10.8. The summed E-state index contributed by atoms with van der Waals surface area (Å²) in [5, 5.41) is 12.0. The highest BCUT2D eigenvalue weighted by atomic mass is 32.1. The molecule has 22 heavy (non-hydrogen) atoms. The van der Waals surface area contributed by atoms with Gasteiger partial charge in [-0.2, -0.15) is 5.10 Å². The van der Waals surface area contributed by atoms with Crippen LogP contribution >= 0.6 is 11.3 Å². The predicted octanol–water partition coefficient (Wildman–Crippen LogP) is 2.18. The van der Waals surface area contributed by atoms with Crippen molar-refractivity contribution in [3.05, 3.63) is 40.3 Å². The zero-order valence-electron chi connectivity index (χ0n) is 12.6. The number of amides is 1. The Balaban J connectivity index is 1.42. The fourth-order valence-electron chi connectivity index (χ4n) is 2.91. The van der Waals surface area contributed by atoms with Crippen LogP contribution in [-0.4, -0.2) is 40.1 Å². The SMILES string of the molecule is O=C(CCc1cn[nH]c1)NC1CCCN(Cc2cccs2)C1. The van der Waals surface area contributed by atoms with Crippen molar-refractivity contribution in [2.45, 2.75) is 38.3 Å². The molecule has 0 aliphatic carbocycles. The summed E-state index contributed by atoms with van der Waals surface area (Å²) in [6, 6.07) is 4.56. The third-order valence-electron chi connectivity index (χ3n) is 4.03. The fraction of sp³-hybridized carbons (Fsp3) is 0.500. The molecule has 3 rings (SSSR count). The van der Waals surface area contributed by atoms with Crippen molar-refractivity contribution in [2.24, 2.45) is 0 Å². The van der Waals surface area contributed by atoms with E-state index in [1.165, 1.54) is 4.88 Å². The van der Waals surface area contributed by atoms with Crippen LogP contribution in [0.25, 0.3) is 0 Å². The van der Waals surface area contributed by atoms with E-state index < -0.39 is 0 Å². The van der Waals surface area contributed by atoms with E-state index in [4.69, 9.17) is 0 Å². The normalized spacial score (nSPS) is 19.2. The highest BCUT2D eigenvalue weighted by molar-refractivity contribution is 7.09. The number of thiophene rings is 1. The number of aryl methyl sites for hydroxylation is 1. The third kappa shape index (κ3) is 4.42. The standard InChI is InChI=1S/C16H22N4OS/c21-16(6-5-13-9-17-18-10-13)19-14-3-1-7-20(11-14)12-15-4-2-8-22-15/h2,4,8-10,14H,1,3,5-7,11-12H2,(H,17,18)(H,19,21). The van der Waals surface area contributed by atoms with Crippen LogP contribution in [-0.2, 0) is 17.8 Å². The zero-order chi connectivity index (χ0) is 15.2. The van der Waals surface area contributed by atoms with Crippen molar-refractivity contribution in [2.75, 3.05) is 13.1 Å². The molecule has 1 saturated heterocycles. The Labute approximate surface area is 134 Å². The molecule has 1 amide bonds. The first-order valence-electron chi connectivity index (χ1n) is 7.81. The average molecular weight is 318 g/mol. The predicted molar refractivity (Wildman–Crippen MR) is 87.7 cm³/mol. The second-order valence-electron chi connectivity index (χ2n) is 5.83. The number of rotatable bonds is 6. The Hall–Kier alpha value is -1.66. The summed E-state index contributed by atoms with van der Waals surface area (Å²) in [5.74, 6) is 0.143. The van der Waals surface area contributed by atoms with Crippen LogP contribution in [0.2, 0.25) is 0 Å². The van der Waals surface area contributed by atoms with Gasteiger partial charge < -0.3 is 5.32 Å². The molecule has 1 fully saturated rings. The lowest BCUT2D eigenvalue weighted by atomic mass is 10.0. The summed E-state index contributed by atoms with van der Waals surface area (Å²) >= 11 is 1.80. The Bertz CT molecular complexity index is 567. The molecule has 6 heteroatoms. The molecule has 118 valence electrons. The quantitative estimate of drug-likeness (QED) is 0.858. The maximum atomic E-state index is 12.1. The third-order valence-corrected chi connectivity index (χ3v) is 4.89. The Kier molecular flexibility index (Phi) is 5.24. The monoisotopic (exact) mass is 318 g/mol. The first kappa shape index (κ1) is 15.2. The number of likely N-dealkylation sites (tertiary alicyclic amines) is 1. The van der Waals surface area contributed by atoms with Gasteiger partial charge in [-0.15, -0.1) is 11.3 Å². The van der Waals surface area contributed by atoms with Crippen LogP contribution in [0.4, 0.5) is 0 Å². The number of carbonyl (C=O) groups excluding carboxylic acids is 1. The van der Waals surface area contributed by atoms with E-state index in [2.05, 4.69) is 37.9 Å². The minimum Gasteiger partial charge on any atom is -0.352 e. The number of aromatic amines is 1. The molecule has 5 nitrogen and oxygen atoms in total. The summed E-state index contributed by atoms with van der Waals surface area (Å²) in [6.07, 6.45) is 7.12. The minimum absolute atomic E-state index is 0.143. The summed E-state index contributed by atoms with van der Waals surface area (Å²) in [6.45, 7) is 3.08. The smallest absolute Gasteiger partial charge is 0.220 e. The maximum Gasteiger partial charge on any atom is 0.220 e. The van der Waals surface area contributed by atoms with Crippen LogP contribution in [0.3, 0.4) is 0 Å². The van der Waals surface area contributed by atoms with Crippen molar-refractivity contribution >= 4 is 17.2 Å². The van der Waals surface area contributed by atoms with Gasteiger partial charge in [0, 0.05) is 36.6 Å². The molecule has 2 N–H and O–H groups in total. The summed E-state index contributed by atoms with van der Waals surface area (Å²) < 4.78 is 0. The molecule has 2 aromatic rings. The topological polar surface area (TPSA) is 61.0 Å². The van der Waals surface area contributed by atoms with E-state index in [0.29, 0.717) is 6.42 Å². The highest BCUT2D eigenvalue weighted by Crippen LogP contribution is 2.17. The number of piperidine rings is 1. The number of hydrogen-bond donors (Lipinski definition) is 2. The number of aromatic nitrogens is 2. The van der Waals surface area contributed by atoms with Crippen molar-refractivity contribution in [1.29, 1.82) is 0 Å². The van der Waals surface area contributed by atoms with E-state index in [1.54, 1.807) is 17.5 Å². The average Bonchev–Trinajstić information content (AvgIpc) is 3.19. The Morgan fingerprint density at radius 3 is 3.27 bits per heavy atom. The number of nitrogens with one attached hydrogen (secondary N) is 2. The lowest BCUT2D eigenvalue weighted by Crippen LogP contribution is -2.47. The zero-order valence-corrected chi connectivity index (χ0v) is 13.4. The summed E-state index contributed by atoms with van der Waals surface area (Å²) in [4.78, 5) is 15.9. The molecule has 1 atom stereocenters.